The van der Waals surface area contributed by atoms with Crippen LogP contribution in [-0.4, -0.2) is 20.2 Å². The van der Waals surface area contributed by atoms with E-state index in [1.165, 1.54) is 0 Å². The summed E-state index contributed by atoms with van der Waals surface area (Å²) in [4.78, 5) is 8.64. The summed E-state index contributed by atoms with van der Waals surface area (Å²) in [6.07, 6.45) is 0. The van der Waals surface area contributed by atoms with Gasteiger partial charge in [0.15, 0.2) is 0 Å². The summed E-state index contributed by atoms with van der Waals surface area (Å²) in [5, 5.41) is 13.2. The smallest absolute Gasteiger partial charge is 0.258 e. The van der Waals surface area contributed by atoms with Crippen LogP contribution < -0.4 is 0 Å². The third-order valence-electron chi connectivity index (χ3n) is 2.66. The van der Waals surface area contributed by atoms with Gasteiger partial charge in [0.2, 0.25) is 5.82 Å². The first-order valence-corrected chi connectivity index (χ1v) is 5.79. The van der Waals surface area contributed by atoms with Crippen molar-refractivity contribution in [3.63, 3.8) is 0 Å². The number of aryl methyl sites for hydroxylation is 1. The van der Waals surface area contributed by atoms with E-state index in [9.17, 15) is 5.11 Å². The molecule has 0 saturated carbocycles. The highest BCUT2D eigenvalue weighted by Crippen LogP contribution is 2.22. The summed E-state index contributed by atoms with van der Waals surface area (Å²) in [6, 6.07) is 12.2. The molecule has 3 aromatic rings. The minimum atomic E-state index is 0.198. The van der Waals surface area contributed by atoms with Crippen LogP contribution in [0, 0.1) is 6.92 Å². The van der Waals surface area contributed by atoms with Gasteiger partial charge in [0.05, 0.1) is 0 Å². The van der Waals surface area contributed by atoms with E-state index in [2.05, 4.69) is 15.1 Å². The Morgan fingerprint density at radius 1 is 1.00 bits per heavy atom. The Kier molecular flexibility index (Phi) is 2.72. The van der Waals surface area contributed by atoms with E-state index in [0.717, 1.165) is 11.3 Å². The largest absolute Gasteiger partial charge is 0.508 e. The molecule has 0 aliphatic rings. The number of nitrogens with zero attached hydrogens (tertiary/aromatic N) is 3. The molecule has 5 nitrogen and oxygen atoms in total. The molecular weight excluding hydrogens is 242 g/mol. The van der Waals surface area contributed by atoms with Crippen molar-refractivity contribution in [2.75, 3.05) is 0 Å². The number of benzene rings is 1. The van der Waals surface area contributed by atoms with Crippen molar-refractivity contribution in [2.45, 2.75) is 6.92 Å². The van der Waals surface area contributed by atoms with Crippen molar-refractivity contribution in [3.05, 3.63) is 48.2 Å². The third kappa shape index (κ3) is 2.30. The number of phenols is 1. The van der Waals surface area contributed by atoms with Gasteiger partial charge in [-0.3, -0.25) is 0 Å². The van der Waals surface area contributed by atoms with Crippen molar-refractivity contribution < 1.29 is 9.63 Å². The molecule has 0 atom stereocenters. The number of aromatic hydroxyl groups is 1. The molecule has 2 aromatic heterocycles. The van der Waals surface area contributed by atoms with Gasteiger partial charge in [0, 0.05) is 11.3 Å². The fraction of sp³-hybridized carbons (Fsp3) is 0.0714. The van der Waals surface area contributed by atoms with E-state index >= 15 is 0 Å². The van der Waals surface area contributed by atoms with Gasteiger partial charge in [-0.1, -0.05) is 11.2 Å². The molecule has 5 heteroatoms. The van der Waals surface area contributed by atoms with Crippen molar-refractivity contribution in [1.29, 1.82) is 0 Å². The second kappa shape index (κ2) is 4.53. The third-order valence-corrected chi connectivity index (χ3v) is 2.66. The van der Waals surface area contributed by atoms with Gasteiger partial charge in [0.25, 0.3) is 5.89 Å². The van der Waals surface area contributed by atoms with Gasteiger partial charge in [-0.25, -0.2) is 4.98 Å². The van der Waals surface area contributed by atoms with Crippen LogP contribution in [0.25, 0.3) is 23.0 Å². The normalized spacial score (nSPS) is 10.6. The van der Waals surface area contributed by atoms with Crippen molar-refractivity contribution in [2.24, 2.45) is 0 Å². The molecule has 0 saturated heterocycles. The molecule has 0 unspecified atom stereocenters. The van der Waals surface area contributed by atoms with Crippen LogP contribution >= 0.6 is 0 Å². The summed E-state index contributed by atoms with van der Waals surface area (Å²) < 4.78 is 5.20. The highest BCUT2D eigenvalue weighted by atomic mass is 16.5. The number of hydrogen-bond donors (Lipinski definition) is 1. The molecule has 0 radical (unpaired) electrons. The molecule has 0 bridgehead atoms. The van der Waals surface area contributed by atoms with Crippen molar-refractivity contribution in [3.8, 4) is 28.7 Å². The van der Waals surface area contributed by atoms with E-state index in [-0.39, 0.29) is 5.75 Å². The minimum Gasteiger partial charge on any atom is -0.508 e. The molecule has 0 aliphatic carbocycles. The lowest BCUT2D eigenvalue weighted by molar-refractivity contribution is 0.432. The van der Waals surface area contributed by atoms with Gasteiger partial charge in [-0.2, -0.15) is 4.98 Å². The van der Waals surface area contributed by atoms with Crippen LogP contribution in [0.3, 0.4) is 0 Å². The molecule has 3 rings (SSSR count). The molecule has 0 aliphatic heterocycles. The molecule has 19 heavy (non-hydrogen) atoms. The van der Waals surface area contributed by atoms with Gasteiger partial charge >= 0.3 is 0 Å². The van der Waals surface area contributed by atoms with E-state index in [0.29, 0.717) is 17.4 Å². The Morgan fingerprint density at radius 3 is 2.53 bits per heavy atom. The van der Waals surface area contributed by atoms with E-state index in [4.69, 9.17) is 4.52 Å². The van der Waals surface area contributed by atoms with Gasteiger partial charge in [0.1, 0.15) is 11.4 Å². The lowest BCUT2D eigenvalue weighted by atomic mass is 10.2. The topological polar surface area (TPSA) is 72.0 Å². The molecule has 0 amide bonds. The second-order valence-electron chi connectivity index (χ2n) is 4.13. The Balaban J connectivity index is 1.97. The average Bonchev–Trinajstić information content (AvgIpc) is 2.89. The zero-order valence-electron chi connectivity index (χ0n) is 10.2. The predicted octanol–water partition coefficient (Wildman–Crippen LogP) is 2.81. The lowest BCUT2D eigenvalue weighted by Crippen LogP contribution is -1.87. The molecule has 0 spiro atoms. The van der Waals surface area contributed by atoms with Crippen molar-refractivity contribution in [1.82, 2.24) is 15.1 Å². The Morgan fingerprint density at radius 2 is 1.79 bits per heavy atom. The summed E-state index contributed by atoms with van der Waals surface area (Å²) in [7, 11) is 0. The second-order valence-corrected chi connectivity index (χ2v) is 4.13. The Labute approximate surface area is 109 Å². The molecule has 2 heterocycles. The lowest BCUT2D eigenvalue weighted by Gasteiger charge is -1.95. The highest BCUT2D eigenvalue weighted by Gasteiger charge is 2.11. The van der Waals surface area contributed by atoms with E-state index < -0.39 is 0 Å². The minimum absolute atomic E-state index is 0.198. The van der Waals surface area contributed by atoms with Crippen LogP contribution in [0.4, 0.5) is 0 Å². The van der Waals surface area contributed by atoms with Crippen LogP contribution in [0.2, 0.25) is 0 Å². The average molecular weight is 253 g/mol. The molecule has 0 fully saturated rings. The van der Waals surface area contributed by atoms with E-state index in [1.807, 2.05) is 25.1 Å². The number of phenolic OH excluding ortho intramolecular Hbond substituents is 1. The summed E-state index contributed by atoms with van der Waals surface area (Å²) in [6.45, 7) is 1.91. The molecule has 1 aromatic carbocycles. The van der Waals surface area contributed by atoms with Crippen molar-refractivity contribution >= 4 is 0 Å². The quantitative estimate of drug-likeness (QED) is 0.760. The number of hydrogen-bond acceptors (Lipinski definition) is 5. The molecular formula is C14H11N3O2. The maximum atomic E-state index is 9.24. The van der Waals surface area contributed by atoms with Crippen LogP contribution in [-0.2, 0) is 0 Å². The summed E-state index contributed by atoms with van der Waals surface area (Å²) in [5.74, 6) is 1.05. The van der Waals surface area contributed by atoms with Gasteiger partial charge < -0.3 is 9.63 Å². The standard InChI is InChI=1S/C14H11N3O2/c1-9-3-2-4-12(15-9)13-16-14(19-17-13)10-5-7-11(18)8-6-10/h2-8,18H,1H3. The Bertz CT molecular complexity index is 705. The first kappa shape index (κ1) is 11.4. The number of aromatic nitrogens is 3. The maximum absolute atomic E-state index is 9.24. The first-order valence-electron chi connectivity index (χ1n) is 5.79. The first-order chi connectivity index (χ1) is 9.22. The molecule has 94 valence electrons. The number of pyridine rings is 1. The zero-order valence-corrected chi connectivity index (χ0v) is 10.2. The molecule has 1 N–H and O–H groups in total. The highest BCUT2D eigenvalue weighted by molar-refractivity contribution is 5.58. The van der Waals surface area contributed by atoms with Crippen LogP contribution in [0.15, 0.2) is 47.0 Å². The maximum Gasteiger partial charge on any atom is 0.258 e. The SMILES string of the molecule is Cc1cccc(-c2noc(-c3ccc(O)cc3)n2)n1. The summed E-state index contributed by atoms with van der Waals surface area (Å²) >= 11 is 0. The number of rotatable bonds is 2. The summed E-state index contributed by atoms with van der Waals surface area (Å²) in [5.41, 5.74) is 2.33. The zero-order chi connectivity index (χ0) is 13.2. The van der Waals surface area contributed by atoms with Gasteiger partial charge in [-0.05, 0) is 43.3 Å². The van der Waals surface area contributed by atoms with Crippen LogP contribution in [0.5, 0.6) is 5.75 Å². The fourth-order valence-electron chi connectivity index (χ4n) is 1.72. The Hall–Kier alpha value is -2.69. The fourth-order valence-corrected chi connectivity index (χ4v) is 1.72. The van der Waals surface area contributed by atoms with Crippen LogP contribution in [0.1, 0.15) is 5.69 Å². The van der Waals surface area contributed by atoms with E-state index in [1.54, 1.807) is 24.3 Å². The predicted molar refractivity (Wildman–Crippen MR) is 69.4 cm³/mol. The monoisotopic (exact) mass is 253 g/mol. The van der Waals surface area contributed by atoms with Gasteiger partial charge in [-0.15, -0.1) is 0 Å².